The smallest absolute Gasteiger partial charge is 0.223 e. The average molecular weight is 351 g/mol. The van der Waals surface area contributed by atoms with E-state index in [1.807, 2.05) is 49.4 Å². The van der Waals surface area contributed by atoms with Gasteiger partial charge < -0.3 is 9.32 Å². The summed E-state index contributed by atoms with van der Waals surface area (Å²) in [4.78, 5) is 14.6. The van der Waals surface area contributed by atoms with E-state index in [9.17, 15) is 9.18 Å². The molecule has 0 aliphatic carbocycles. The molecule has 0 aliphatic heterocycles. The Balaban J connectivity index is 1.70. The van der Waals surface area contributed by atoms with Gasteiger partial charge in [-0.1, -0.05) is 42.5 Å². The van der Waals surface area contributed by atoms with Crippen LogP contribution in [0.15, 0.2) is 71.1 Å². The Morgan fingerprint density at radius 3 is 2.31 bits per heavy atom. The minimum atomic E-state index is -0.280. The molecule has 3 nitrogen and oxygen atoms in total. The lowest BCUT2D eigenvalue weighted by atomic mass is 10.1. The van der Waals surface area contributed by atoms with Crippen LogP contribution in [0.3, 0.4) is 0 Å². The Morgan fingerprint density at radius 2 is 1.65 bits per heavy atom. The van der Waals surface area contributed by atoms with Crippen molar-refractivity contribution >= 4 is 5.91 Å². The molecule has 0 saturated heterocycles. The predicted molar refractivity (Wildman–Crippen MR) is 98.9 cm³/mol. The van der Waals surface area contributed by atoms with Gasteiger partial charge in [0.1, 0.15) is 17.3 Å². The Morgan fingerprint density at radius 1 is 0.923 bits per heavy atom. The van der Waals surface area contributed by atoms with Crippen LogP contribution in [-0.4, -0.2) is 10.8 Å². The van der Waals surface area contributed by atoms with Crippen molar-refractivity contribution in [2.75, 3.05) is 0 Å². The van der Waals surface area contributed by atoms with Gasteiger partial charge in [-0.25, -0.2) is 4.39 Å². The summed E-state index contributed by atoms with van der Waals surface area (Å²) in [6, 6.07) is 20.0. The fourth-order valence-corrected chi connectivity index (χ4v) is 2.85. The second-order valence-electron chi connectivity index (χ2n) is 6.37. The Labute approximate surface area is 153 Å². The molecule has 1 heterocycles. The number of nitrogens with zero attached hydrogens (tertiary/aromatic N) is 1. The third-order valence-electron chi connectivity index (χ3n) is 4.25. The van der Waals surface area contributed by atoms with Gasteiger partial charge in [0.25, 0.3) is 0 Å². The first-order chi connectivity index (χ1) is 12.6. The summed E-state index contributed by atoms with van der Waals surface area (Å²) in [6.45, 7) is 2.71. The molecule has 0 fully saturated rings. The Kier molecular flexibility index (Phi) is 5.84. The maximum atomic E-state index is 13.1. The first-order valence-electron chi connectivity index (χ1n) is 8.71. The fourth-order valence-electron chi connectivity index (χ4n) is 2.85. The van der Waals surface area contributed by atoms with Crippen molar-refractivity contribution in [3.63, 3.8) is 0 Å². The van der Waals surface area contributed by atoms with Crippen LogP contribution in [0.25, 0.3) is 0 Å². The number of hydrogen-bond acceptors (Lipinski definition) is 2. The number of amides is 1. The number of hydrogen-bond donors (Lipinski definition) is 0. The lowest BCUT2D eigenvalue weighted by molar-refractivity contribution is -0.132. The van der Waals surface area contributed by atoms with Gasteiger partial charge in [-0.2, -0.15) is 0 Å². The molecule has 0 bridgehead atoms. The fraction of sp³-hybridized carbons (Fsp3) is 0.227. The van der Waals surface area contributed by atoms with E-state index in [0.717, 1.165) is 22.6 Å². The van der Waals surface area contributed by atoms with Gasteiger partial charge in [-0.3, -0.25) is 4.79 Å². The van der Waals surface area contributed by atoms with E-state index >= 15 is 0 Å². The van der Waals surface area contributed by atoms with Gasteiger partial charge >= 0.3 is 0 Å². The van der Waals surface area contributed by atoms with Crippen molar-refractivity contribution in [2.45, 2.75) is 32.9 Å². The number of aryl methyl sites for hydroxylation is 2. The highest BCUT2D eigenvalue weighted by Crippen LogP contribution is 2.15. The summed E-state index contributed by atoms with van der Waals surface area (Å²) in [5.74, 6) is 1.33. The van der Waals surface area contributed by atoms with E-state index in [-0.39, 0.29) is 11.7 Å². The summed E-state index contributed by atoms with van der Waals surface area (Å²) in [6.07, 6.45) is 1.11. The van der Waals surface area contributed by atoms with E-state index in [1.165, 1.54) is 12.1 Å². The molecule has 0 N–H and O–H groups in total. The van der Waals surface area contributed by atoms with Crippen LogP contribution in [-0.2, 0) is 24.3 Å². The highest BCUT2D eigenvalue weighted by molar-refractivity contribution is 5.76. The molecule has 4 heteroatoms. The summed E-state index contributed by atoms with van der Waals surface area (Å²) in [7, 11) is 0. The number of carbonyl (C=O) groups is 1. The van der Waals surface area contributed by atoms with Crippen molar-refractivity contribution in [1.82, 2.24) is 4.90 Å². The van der Waals surface area contributed by atoms with Gasteiger partial charge in [0, 0.05) is 13.0 Å². The van der Waals surface area contributed by atoms with Crippen molar-refractivity contribution in [2.24, 2.45) is 0 Å². The molecule has 0 spiro atoms. The van der Waals surface area contributed by atoms with Gasteiger partial charge in [0.2, 0.25) is 5.91 Å². The lowest BCUT2D eigenvalue weighted by Gasteiger charge is -2.22. The lowest BCUT2D eigenvalue weighted by Crippen LogP contribution is -2.30. The van der Waals surface area contributed by atoms with Crippen LogP contribution in [0.5, 0.6) is 0 Å². The van der Waals surface area contributed by atoms with Crippen LogP contribution in [0.2, 0.25) is 0 Å². The summed E-state index contributed by atoms with van der Waals surface area (Å²) >= 11 is 0. The van der Waals surface area contributed by atoms with E-state index in [4.69, 9.17) is 4.42 Å². The van der Waals surface area contributed by atoms with E-state index in [0.29, 0.717) is 25.9 Å². The van der Waals surface area contributed by atoms with Crippen molar-refractivity contribution in [1.29, 1.82) is 0 Å². The molecule has 26 heavy (non-hydrogen) atoms. The standard InChI is InChI=1S/C22H22FNO2/c1-17-7-13-21(26-17)16-24(15-19-8-11-20(23)12-9-19)22(25)14-10-18-5-3-2-4-6-18/h2-9,11-13H,10,14-16H2,1H3. The zero-order valence-electron chi connectivity index (χ0n) is 14.8. The van der Waals surface area contributed by atoms with Crippen molar-refractivity contribution in [3.05, 3.63) is 95.2 Å². The molecule has 0 saturated carbocycles. The van der Waals surface area contributed by atoms with Crippen LogP contribution in [0.1, 0.15) is 29.1 Å². The summed E-state index contributed by atoms with van der Waals surface area (Å²) < 4.78 is 18.8. The summed E-state index contributed by atoms with van der Waals surface area (Å²) in [5, 5.41) is 0. The van der Waals surface area contributed by atoms with E-state index < -0.39 is 0 Å². The number of benzene rings is 2. The minimum Gasteiger partial charge on any atom is -0.464 e. The average Bonchev–Trinajstić information content (AvgIpc) is 3.06. The second-order valence-corrected chi connectivity index (χ2v) is 6.37. The number of rotatable bonds is 7. The van der Waals surface area contributed by atoms with Crippen molar-refractivity contribution < 1.29 is 13.6 Å². The number of halogens is 1. The zero-order valence-corrected chi connectivity index (χ0v) is 14.8. The highest BCUT2D eigenvalue weighted by atomic mass is 19.1. The quantitative estimate of drug-likeness (QED) is 0.607. The van der Waals surface area contributed by atoms with Gasteiger partial charge in [-0.05, 0) is 48.7 Å². The molecule has 1 amide bonds. The van der Waals surface area contributed by atoms with Crippen LogP contribution in [0.4, 0.5) is 4.39 Å². The Bertz CT molecular complexity index is 840. The summed E-state index contributed by atoms with van der Waals surface area (Å²) in [5.41, 5.74) is 2.03. The molecule has 0 radical (unpaired) electrons. The molecule has 3 rings (SSSR count). The first kappa shape index (κ1) is 17.9. The van der Waals surface area contributed by atoms with Gasteiger partial charge in [-0.15, -0.1) is 0 Å². The van der Waals surface area contributed by atoms with Crippen LogP contribution in [0, 0.1) is 12.7 Å². The molecule has 0 unspecified atom stereocenters. The molecule has 2 aromatic carbocycles. The number of furan rings is 1. The van der Waals surface area contributed by atoms with E-state index in [1.54, 1.807) is 17.0 Å². The monoisotopic (exact) mass is 351 g/mol. The molecular weight excluding hydrogens is 329 g/mol. The molecule has 3 aromatic rings. The molecule has 1 aromatic heterocycles. The largest absolute Gasteiger partial charge is 0.464 e. The topological polar surface area (TPSA) is 33.5 Å². The van der Waals surface area contributed by atoms with Crippen LogP contribution >= 0.6 is 0 Å². The molecule has 134 valence electrons. The van der Waals surface area contributed by atoms with Crippen LogP contribution < -0.4 is 0 Å². The third-order valence-corrected chi connectivity index (χ3v) is 4.25. The first-order valence-corrected chi connectivity index (χ1v) is 8.71. The normalized spacial score (nSPS) is 10.7. The highest BCUT2D eigenvalue weighted by Gasteiger charge is 2.16. The second kappa shape index (κ2) is 8.48. The molecule has 0 atom stereocenters. The minimum absolute atomic E-state index is 0.0484. The SMILES string of the molecule is Cc1ccc(CN(Cc2ccc(F)cc2)C(=O)CCc2ccccc2)o1. The molecule has 0 aliphatic rings. The van der Waals surface area contributed by atoms with Gasteiger partial charge in [0.15, 0.2) is 0 Å². The van der Waals surface area contributed by atoms with Gasteiger partial charge in [0.05, 0.1) is 6.54 Å². The Hall–Kier alpha value is -2.88. The zero-order chi connectivity index (χ0) is 18.4. The maximum absolute atomic E-state index is 13.1. The predicted octanol–water partition coefficient (Wildman–Crippen LogP) is 4.89. The third kappa shape index (κ3) is 5.06. The van der Waals surface area contributed by atoms with E-state index in [2.05, 4.69) is 0 Å². The number of carbonyl (C=O) groups excluding carboxylic acids is 1. The maximum Gasteiger partial charge on any atom is 0.223 e. The molecular formula is C22H22FNO2. The van der Waals surface area contributed by atoms with Crippen molar-refractivity contribution in [3.8, 4) is 0 Å².